The van der Waals surface area contributed by atoms with E-state index in [0.717, 1.165) is 11.3 Å². The Balaban J connectivity index is 2.20. The van der Waals surface area contributed by atoms with E-state index in [9.17, 15) is 0 Å². The number of methoxy groups -OCH3 is 1. The van der Waals surface area contributed by atoms with Gasteiger partial charge in [0.25, 0.3) is 0 Å². The minimum atomic E-state index is 0.479. The van der Waals surface area contributed by atoms with Gasteiger partial charge in [-0.2, -0.15) is 5.10 Å². The highest BCUT2D eigenvalue weighted by atomic mass is 16.5. The van der Waals surface area contributed by atoms with Crippen molar-refractivity contribution in [2.45, 2.75) is 19.8 Å². The Morgan fingerprint density at radius 3 is 2.82 bits per heavy atom. The zero-order valence-electron chi connectivity index (χ0n) is 10.5. The zero-order valence-corrected chi connectivity index (χ0v) is 10.5. The molecular formula is C13H18N2O2. The molecule has 4 heteroatoms. The van der Waals surface area contributed by atoms with Crippen LogP contribution in [0.15, 0.2) is 24.5 Å². The molecule has 0 aliphatic rings. The van der Waals surface area contributed by atoms with Gasteiger partial charge in [0.2, 0.25) is 0 Å². The number of hydrogen-bond acceptors (Lipinski definition) is 3. The SMILES string of the molecule is COCCOc1ccc2c(C(C)C)cnn2c1. The number of hydrogen-bond donors (Lipinski definition) is 0. The van der Waals surface area contributed by atoms with Crippen molar-refractivity contribution in [1.82, 2.24) is 9.61 Å². The fraction of sp³-hybridized carbons (Fsp3) is 0.462. The maximum absolute atomic E-state index is 5.54. The molecule has 2 aromatic heterocycles. The second kappa shape index (κ2) is 5.19. The summed E-state index contributed by atoms with van der Waals surface area (Å²) in [5.74, 6) is 1.29. The van der Waals surface area contributed by atoms with Gasteiger partial charge in [0.05, 0.1) is 24.5 Å². The minimum absolute atomic E-state index is 0.479. The van der Waals surface area contributed by atoms with Crippen LogP contribution in [0.2, 0.25) is 0 Å². The third kappa shape index (κ3) is 2.58. The molecule has 0 aliphatic carbocycles. The molecule has 0 radical (unpaired) electrons. The van der Waals surface area contributed by atoms with Gasteiger partial charge >= 0.3 is 0 Å². The van der Waals surface area contributed by atoms with Gasteiger partial charge in [0, 0.05) is 12.7 Å². The molecule has 2 aromatic rings. The molecule has 0 spiro atoms. The third-order valence-corrected chi connectivity index (χ3v) is 2.70. The highest BCUT2D eigenvalue weighted by Crippen LogP contribution is 2.22. The van der Waals surface area contributed by atoms with Crippen LogP contribution in [-0.4, -0.2) is 29.9 Å². The second-order valence-electron chi connectivity index (χ2n) is 4.29. The average Bonchev–Trinajstić information content (AvgIpc) is 2.72. The highest BCUT2D eigenvalue weighted by Gasteiger charge is 2.08. The number of pyridine rings is 1. The van der Waals surface area contributed by atoms with Crippen molar-refractivity contribution in [3.63, 3.8) is 0 Å². The van der Waals surface area contributed by atoms with Gasteiger partial charge in [-0.05, 0) is 18.1 Å². The first kappa shape index (κ1) is 11.9. The van der Waals surface area contributed by atoms with E-state index in [4.69, 9.17) is 9.47 Å². The van der Waals surface area contributed by atoms with E-state index >= 15 is 0 Å². The normalized spacial score (nSPS) is 11.3. The number of nitrogens with zero attached hydrogens (tertiary/aromatic N) is 2. The molecule has 0 aromatic carbocycles. The molecule has 0 saturated carbocycles. The summed E-state index contributed by atoms with van der Waals surface area (Å²) in [5, 5.41) is 4.33. The molecule has 2 rings (SSSR count). The molecule has 0 saturated heterocycles. The second-order valence-corrected chi connectivity index (χ2v) is 4.29. The summed E-state index contributed by atoms with van der Waals surface area (Å²) < 4.78 is 12.3. The molecule has 0 amide bonds. The lowest BCUT2D eigenvalue weighted by molar-refractivity contribution is 0.146. The maximum Gasteiger partial charge on any atom is 0.137 e. The van der Waals surface area contributed by atoms with Crippen LogP contribution >= 0.6 is 0 Å². The Bertz CT molecular complexity index is 491. The van der Waals surface area contributed by atoms with Crippen LogP contribution in [0.4, 0.5) is 0 Å². The Hall–Kier alpha value is -1.55. The van der Waals surface area contributed by atoms with E-state index in [1.165, 1.54) is 5.56 Å². The van der Waals surface area contributed by atoms with Crippen LogP contribution in [0.5, 0.6) is 5.75 Å². The molecular weight excluding hydrogens is 216 g/mol. The third-order valence-electron chi connectivity index (χ3n) is 2.70. The van der Waals surface area contributed by atoms with E-state index in [1.54, 1.807) is 7.11 Å². The molecule has 2 heterocycles. The lowest BCUT2D eigenvalue weighted by Crippen LogP contribution is -2.04. The molecule has 0 aliphatic heterocycles. The number of ether oxygens (including phenoxy) is 2. The molecule has 0 fully saturated rings. The van der Waals surface area contributed by atoms with E-state index < -0.39 is 0 Å². The zero-order chi connectivity index (χ0) is 12.3. The molecule has 92 valence electrons. The predicted molar refractivity (Wildman–Crippen MR) is 66.7 cm³/mol. The van der Waals surface area contributed by atoms with E-state index in [1.807, 2.05) is 29.0 Å². The van der Waals surface area contributed by atoms with Crippen LogP contribution in [0.25, 0.3) is 5.52 Å². The van der Waals surface area contributed by atoms with Crippen LogP contribution in [0.3, 0.4) is 0 Å². The molecule has 17 heavy (non-hydrogen) atoms. The lowest BCUT2D eigenvalue weighted by Gasteiger charge is -2.06. The van der Waals surface area contributed by atoms with E-state index in [2.05, 4.69) is 18.9 Å². The van der Waals surface area contributed by atoms with Gasteiger partial charge in [-0.25, -0.2) is 4.52 Å². The molecule has 0 bridgehead atoms. The molecule has 0 unspecified atom stereocenters. The topological polar surface area (TPSA) is 35.8 Å². The first-order chi connectivity index (χ1) is 8.22. The summed E-state index contributed by atoms with van der Waals surface area (Å²) in [6, 6.07) is 4.02. The highest BCUT2D eigenvalue weighted by molar-refractivity contribution is 5.56. The Kier molecular flexibility index (Phi) is 3.64. The Morgan fingerprint density at radius 2 is 2.12 bits per heavy atom. The van der Waals surface area contributed by atoms with Crippen LogP contribution in [0.1, 0.15) is 25.3 Å². The first-order valence-corrected chi connectivity index (χ1v) is 5.81. The maximum atomic E-state index is 5.54. The van der Waals surface area contributed by atoms with Gasteiger partial charge in [-0.1, -0.05) is 13.8 Å². The summed E-state index contributed by atoms with van der Waals surface area (Å²) in [7, 11) is 1.66. The monoisotopic (exact) mass is 234 g/mol. The number of rotatable bonds is 5. The van der Waals surface area contributed by atoms with Gasteiger partial charge in [-0.3, -0.25) is 0 Å². The first-order valence-electron chi connectivity index (χ1n) is 5.81. The fourth-order valence-corrected chi connectivity index (χ4v) is 1.76. The van der Waals surface area contributed by atoms with Crippen molar-refractivity contribution >= 4 is 5.52 Å². The van der Waals surface area contributed by atoms with Crippen LogP contribution in [-0.2, 0) is 4.74 Å². The van der Waals surface area contributed by atoms with Gasteiger partial charge in [0.15, 0.2) is 0 Å². The summed E-state index contributed by atoms with van der Waals surface area (Å²) >= 11 is 0. The molecule has 4 nitrogen and oxygen atoms in total. The van der Waals surface area contributed by atoms with Crippen molar-refractivity contribution in [1.29, 1.82) is 0 Å². The van der Waals surface area contributed by atoms with Crippen molar-refractivity contribution in [3.8, 4) is 5.75 Å². The molecule has 0 N–H and O–H groups in total. The van der Waals surface area contributed by atoms with Gasteiger partial charge < -0.3 is 9.47 Å². The Morgan fingerprint density at radius 1 is 1.29 bits per heavy atom. The smallest absolute Gasteiger partial charge is 0.137 e. The largest absolute Gasteiger partial charge is 0.490 e. The van der Waals surface area contributed by atoms with Gasteiger partial charge in [0.1, 0.15) is 12.4 Å². The molecule has 0 atom stereocenters. The van der Waals surface area contributed by atoms with E-state index in [-0.39, 0.29) is 0 Å². The Labute approximate surface area is 101 Å². The van der Waals surface area contributed by atoms with Crippen molar-refractivity contribution in [2.75, 3.05) is 20.3 Å². The average molecular weight is 234 g/mol. The van der Waals surface area contributed by atoms with E-state index in [0.29, 0.717) is 19.1 Å². The minimum Gasteiger partial charge on any atom is -0.490 e. The predicted octanol–water partition coefficient (Wildman–Crippen LogP) is 2.48. The number of fused-ring (bicyclic) bond motifs is 1. The van der Waals surface area contributed by atoms with Crippen molar-refractivity contribution < 1.29 is 9.47 Å². The summed E-state index contributed by atoms with van der Waals surface area (Å²) in [6.45, 7) is 5.48. The van der Waals surface area contributed by atoms with Crippen LogP contribution < -0.4 is 4.74 Å². The standard InChI is InChI=1S/C13H18N2O2/c1-10(2)12-8-14-15-9-11(4-5-13(12)15)17-7-6-16-3/h4-5,8-10H,6-7H2,1-3H3. The van der Waals surface area contributed by atoms with Crippen LogP contribution in [0, 0.1) is 0 Å². The summed E-state index contributed by atoms with van der Waals surface area (Å²) in [4.78, 5) is 0. The number of aromatic nitrogens is 2. The fourth-order valence-electron chi connectivity index (χ4n) is 1.76. The van der Waals surface area contributed by atoms with Crippen molar-refractivity contribution in [2.24, 2.45) is 0 Å². The summed E-state index contributed by atoms with van der Waals surface area (Å²) in [5.41, 5.74) is 2.40. The lowest BCUT2D eigenvalue weighted by atomic mass is 10.1. The summed E-state index contributed by atoms with van der Waals surface area (Å²) in [6.07, 6.45) is 3.82. The van der Waals surface area contributed by atoms with Gasteiger partial charge in [-0.15, -0.1) is 0 Å². The van der Waals surface area contributed by atoms with Crippen molar-refractivity contribution in [3.05, 3.63) is 30.1 Å². The quantitative estimate of drug-likeness (QED) is 0.746.